The maximum atomic E-state index is 12.3. The fourth-order valence-electron chi connectivity index (χ4n) is 3.20. The van der Waals surface area contributed by atoms with Crippen LogP contribution < -0.4 is 15.7 Å². The van der Waals surface area contributed by atoms with Gasteiger partial charge in [-0.25, -0.2) is 4.79 Å². The number of carbonyl (C=O) groups excluding carboxylic acids is 2. The molecule has 1 aromatic heterocycles. The van der Waals surface area contributed by atoms with E-state index in [1.807, 2.05) is 19.9 Å². The number of hydrogen-bond acceptors (Lipinski definition) is 6. The third-order valence-electron chi connectivity index (χ3n) is 4.89. The average molecular weight is 393 g/mol. The molecule has 0 aliphatic carbocycles. The zero-order valence-electron chi connectivity index (χ0n) is 16.0. The Morgan fingerprint density at radius 1 is 1.10 bits per heavy atom. The minimum absolute atomic E-state index is 0.103. The maximum absolute atomic E-state index is 12.3. The normalized spacial score (nSPS) is 15.4. The molecule has 4 rings (SSSR count). The van der Waals surface area contributed by atoms with Gasteiger partial charge < -0.3 is 19.2 Å². The summed E-state index contributed by atoms with van der Waals surface area (Å²) in [6, 6.07) is 12.0. The van der Waals surface area contributed by atoms with Crippen LogP contribution in [0.2, 0.25) is 0 Å². The summed E-state index contributed by atoms with van der Waals surface area (Å²) in [4.78, 5) is 36.3. The first-order valence-electron chi connectivity index (χ1n) is 9.17. The van der Waals surface area contributed by atoms with Crippen LogP contribution in [0.15, 0.2) is 51.7 Å². The SMILES string of the molecule is Cc1cc2oc(=O)cc(COC(=O)CC3Oc4ccccc4NC3=O)c2cc1C. The Labute approximate surface area is 166 Å². The van der Waals surface area contributed by atoms with Crippen molar-refractivity contribution in [3.8, 4) is 5.75 Å². The van der Waals surface area contributed by atoms with Crippen molar-refractivity contribution in [3.63, 3.8) is 0 Å². The van der Waals surface area contributed by atoms with Gasteiger partial charge in [0.2, 0.25) is 0 Å². The molecule has 0 radical (unpaired) electrons. The predicted molar refractivity (Wildman–Crippen MR) is 106 cm³/mol. The van der Waals surface area contributed by atoms with Crippen molar-refractivity contribution < 1.29 is 23.5 Å². The molecule has 0 saturated carbocycles. The van der Waals surface area contributed by atoms with Gasteiger partial charge in [0.25, 0.3) is 5.91 Å². The number of ether oxygens (including phenoxy) is 2. The number of fused-ring (bicyclic) bond motifs is 2. The Balaban J connectivity index is 1.47. The van der Waals surface area contributed by atoms with Crippen LogP contribution in [0, 0.1) is 13.8 Å². The van der Waals surface area contributed by atoms with Gasteiger partial charge in [-0.2, -0.15) is 0 Å². The summed E-state index contributed by atoms with van der Waals surface area (Å²) in [5.41, 5.74) is 3.07. The molecule has 2 aromatic carbocycles. The van der Waals surface area contributed by atoms with Gasteiger partial charge in [-0.15, -0.1) is 0 Å². The van der Waals surface area contributed by atoms with Crippen molar-refractivity contribution in [1.82, 2.24) is 0 Å². The van der Waals surface area contributed by atoms with Gasteiger partial charge in [0, 0.05) is 17.0 Å². The molecule has 1 amide bonds. The molecule has 3 aromatic rings. The van der Waals surface area contributed by atoms with Crippen LogP contribution in [0.25, 0.3) is 11.0 Å². The van der Waals surface area contributed by atoms with Gasteiger partial charge in [-0.3, -0.25) is 9.59 Å². The van der Waals surface area contributed by atoms with Crippen LogP contribution >= 0.6 is 0 Å². The lowest BCUT2D eigenvalue weighted by Gasteiger charge is -2.25. The molecular weight excluding hydrogens is 374 g/mol. The fourth-order valence-corrected chi connectivity index (χ4v) is 3.20. The minimum Gasteiger partial charge on any atom is -0.478 e. The Morgan fingerprint density at radius 2 is 1.86 bits per heavy atom. The molecule has 0 spiro atoms. The van der Waals surface area contributed by atoms with Crippen LogP contribution in [-0.4, -0.2) is 18.0 Å². The number of amides is 1. The molecule has 1 aliphatic heterocycles. The van der Waals surface area contributed by atoms with E-state index < -0.39 is 23.6 Å². The van der Waals surface area contributed by atoms with E-state index in [0.717, 1.165) is 11.1 Å². The third-order valence-corrected chi connectivity index (χ3v) is 4.89. The average Bonchev–Trinajstić information content (AvgIpc) is 2.68. The standard InChI is InChI=1S/C22H19NO6/c1-12-7-15-14(9-21(25)29-18(15)8-13(12)2)11-27-20(24)10-19-22(26)23-16-5-3-4-6-17(16)28-19/h3-9,19H,10-11H2,1-2H3,(H,23,26). The summed E-state index contributed by atoms with van der Waals surface area (Å²) >= 11 is 0. The molecule has 1 unspecified atom stereocenters. The fraction of sp³-hybridized carbons (Fsp3) is 0.227. The van der Waals surface area contributed by atoms with E-state index in [-0.39, 0.29) is 13.0 Å². The van der Waals surface area contributed by atoms with Gasteiger partial charge in [-0.05, 0) is 49.2 Å². The van der Waals surface area contributed by atoms with Crippen LogP contribution in [0.3, 0.4) is 0 Å². The summed E-state index contributed by atoms with van der Waals surface area (Å²) in [5, 5.41) is 3.42. The first-order chi connectivity index (χ1) is 13.9. The minimum atomic E-state index is -0.972. The van der Waals surface area contributed by atoms with Crippen LogP contribution in [0.5, 0.6) is 5.75 Å². The number of rotatable bonds is 4. The Morgan fingerprint density at radius 3 is 2.69 bits per heavy atom. The van der Waals surface area contributed by atoms with Crippen molar-refractivity contribution in [2.45, 2.75) is 33.0 Å². The molecular formula is C22H19NO6. The van der Waals surface area contributed by atoms with Gasteiger partial charge in [0.15, 0.2) is 6.10 Å². The van der Waals surface area contributed by atoms with E-state index in [2.05, 4.69) is 5.32 Å². The molecule has 2 heterocycles. The summed E-state index contributed by atoms with van der Waals surface area (Å²) in [6.45, 7) is 3.77. The topological polar surface area (TPSA) is 94.8 Å². The van der Waals surface area contributed by atoms with Gasteiger partial charge in [-0.1, -0.05) is 12.1 Å². The lowest BCUT2D eigenvalue weighted by atomic mass is 10.0. The Hall–Kier alpha value is -3.61. The quantitative estimate of drug-likeness (QED) is 0.540. The van der Waals surface area contributed by atoms with Gasteiger partial charge in [0.05, 0.1) is 12.1 Å². The van der Waals surface area contributed by atoms with E-state index in [1.165, 1.54) is 6.07 Å². The van der Waals surface area contributed by atoms with Crippen LogP contribution in [0.1, 0.15) is 23.1 Å². The number of hydrogen-bond donors (Lipinski definition) is 1. The van der Waals surface area contributed by atoms with E-state index >= 15 is 0 Å². The predicted octanol–water partition coefficient (Wildman–Crippen LogP) is 3.24. The molecule has 1 atom stereocenters. The highest BCUT2D eigenvalue weighted by Crippen LogP contribution is 2.29. The van der Waals surface area contributed by atoms with E-state index in [4.69, 9.17) is 13.9 Å². The first-order valence-corrected chi connectivity index (χ1v) is 9.17. The lowest BCUT2D eigenvalue weighted by molar-refractivity contribution is -0.149. The van der Waals surface area contributed by atoms with E-state index in [0.29, 0.717) is 28.0 Å². The largest absolute Gasteiger partial charge is 0.478 e. The number of aryl methyl sites for hydroxylation is 2. The maximum Gasteiger partial charge on any atom is 0.336 e. The zero-order valence-corrected chi connectivity index (χ0v) is 16.0. The second-order valence-electron chi connectivity index (χ2n) is 6.98. The van der Waals surface area contributed by atoms with Gasteiger partial charge >= 0.3 is 11.6 Å². The highest BCUT2D eigenvalue weighted by Gasteiger charge is 2.30. The molecule has 148 valence electrons. The van der Waals surface area contributed by atoms with Gasteiger partial charge in [0.1, 0.15) is 17.9 Å². The molecule has 1 aliphatic rings. The zero-order chi connectivity index (χ0) is 20.5. The molecule has 0 saturated heterocycles. The lowest BCUT2D eigenvalue weighted by Crippen LogP contribution is -2.38. The Kier molecular flexibility index (Phi) is 4.80. The second-order valence-corrected chi connectivity index (χ2v) is 6.98. The summed E-state index contributed by atoms with van der Waals surface area (Å²) in [5.74, 6) is -0.505. The second kappa shape index (κ2) is 7.43. The molecule has 29 heavy (non-hydrogen) atoms. The molecule has 0 fully saturated rings. The monoisotopic (exact) mass is 393 g/mol. The van der Waals surface area contributed by atoms with Crippen molar-refractivity contribution in [1.29, 1.82) is 0 Å². The van der Waals surface area contributed by atoms with Crippen molar-refractivity contribution in [2.75, 3.05) is 5.32 Å². The van der Waals surface area contributed by atoms with Crippen LogP contribution in [-0.2, 0) is 20.9 Å². The molecule has 7 nitrogen and oxygen atoms in total. The van der Waals surface area contributed by atoms with Crippen molar-refractivity contribution in [3.05, 3.63) is 69.6 Å². The summed E-state index contributed by atoms with van der Waals surface area (Å²) in [7, 11) is 0. The van der Waals surface area contributed by atoms with Crippen molar-refractivity contribution in [2.24, 2.45) is 0 Å². The summed E-state index contributed by atoms with van der Waals surface area (Å²) in [6.07, 6.45) is -1.21. The molecule has 1 N–H and O–H groups in total. The number of benzene rings is 2. The smallest absolute Gasteiger partial charge is 0.336 e. The summed E-state index contributed by atoms with van der Waals surface area (Å²) < 4.78 is 16.2. The van der Waals surface area contributed by atoms with E-state index in [9.17, 15) is 14.4 Å². The Bertz CT molecular complexity index is 1180. The number of esters is 1. The molecule has 0 bridgehead atoms. The van der Waals surface area contributed by atoms with E-state index in [1.54, 1.807) is 30.3 Å². The number of nitrogens with one attached hydrogen (secondary N) is 1. The number of anilines is 1. The molecule has 7 heteroatoms. The number of carbonyl (C=O) groups is 2. The number of para-hydroxylation sites is 2. The first kappa shape index (κ1) is 18.7. The van der Waals surface area contributed by atoms with Crippen LogP contribution in [0.4, 0.5) is 5.69 Å². The highest BCUT2D eigenvalue weighted by atomic mass is 16.5. The van der Waals surface area contributed by atoms with Crippen molar-refractivity contribution >= 4 is 28.5 Å². The third kappa shape index (κ3) is 3.85. The highest BCUT2D eigenvalue weighted by molar-refractivity contribution is 5.99.